The molecule has 1 nitrogen and oxygen atoms in total. The summed E-state index contributed by atoms with van der Waals surface area (Å²) in [6, 6.07) is 6.24. The molecule has 1 aromatic carbocycles. The molecule has 0 bridgehead atoms. The summed E-state index contributed by atoms with van der Waals surface area (Å²) in [7, 11) is 0. The molecule has 0 aliphatic heterocycles. The normalized spacial score (nSPS) is 17.2. The van der Waals surface area contributed by atoms with Crippen molar-refractivity contribution in [2.24, 2.45) is 5.92 Å². The van der Waals surface area contributed by atoms with E-state index in [9.17, 15) is 4.39 Å². The van der Waals surface area contributed by atoms with Gasteiger partial charge in [0.1, 0.15) is 11.6 Å². The van der Waals surface area contributed by atoms with Gasteiger partial charge in [-0.15, -0.1) is 0 Å². The number of halogens is 1. The second kappa shape index (κ2) is 4.45. The van der Waals surface area contributed by atoms with E-state index in [2.05, 4.69) is 0 Å². The first-order chi connectivity index (χ1) is 6.84. The van der Waals surface area contributed by atoms with Gasteiger partial charge < -0.3 is 4.74 Å². The van der Waals surface area contributed by atoms with E-state index in [1.807, 2.05) is 0 Å². The molecule has 1 aromatic rings. The summed E-state index contributed by atoms with van der Waals surface area (Å²) in [6.07, 6.45) is 5.22. The van der Waals surface area contributed by atoms with Crippen LogP contribution >= 0.6 is 0 Å². The Morgan fingerprint density at radius 1 is 1.21 bits per heavy atom. The zero-order valence-corrected chi connectivity index (χ0v) is 8.21. The Morgan fingerprint density at radius 3 is 2.50 bits per heavy atom. The summed E-state index contributed by atoms with van der Waals surface area (Å²) in [5, 5.41) is 0. The molecule has 0 aromatic heterocycles. The van der Waals surface area contributed by atoms with Crippen molar-refractivity contribution in [3.63, 3.8) is 0 Å². The van der Waals surface area contributed by atoms with Crippen LogP contribution in [0, 0.1) is 11.7 Å². The Balaban J connectivity index is 0.00000112. The summed E-state index contributed by atoms with van der Waals surface area (Å²) in [4.78, 5) is 0. The van der Waals surface area contributed by atoms with Gasteiger partial charge in [-0.1, -0.05) is 12.8 Å². The Morgan fingerprint density at radius 2 is 1.86 bits per heavy atom. The first-order valence-corrected chi connectivity index (χ1v) is 5.23. The highest BCUT2D eigenvalue weighted by atomic mass is 19.1. The average molecular weight is 196 g/mol. The van der Waals surface area contributed by atoms with Gasteiger partial charge in [0.05, 0.1) is 6.61 Å². The van der Waals surface area contributed by atoms with Crippen molar-refractivity contribution in [3.05, 3.63) is 30.1 Å². The monoisotopic (exact) mass is 196 g/mol. The van der Waals surface area contributed by atoms with Crippen LogP contribution in [0.1, 0.15) is 27.1 Å². The molecule has 2 heteroatoms. The lowest BCUT2D eigenvalue weighted by Gasteiger charge is -2.10. The van der Waals surface area contributed by atoms with Crippen LogP contribution in [0.25, 0.3) is 0 Å². The maximum Gasteiger partial charge on any atom is 0.123 e. The molecule has 1 fully saturated rings. The van der Waals surface area contributed by atoms with Crippen LogP contribution in [0.2, 0.25) is 0 Å². The standard InChI is InChI=1S/C12H15FO.H2/c13-11-5-7-12(8-6-11)14-9-10-3-1-2-4-10;/h5-8,10H,1-4,9H2;1H. The van der Waals surface area contributed by atoms with Crippen LogP contribution in [0.3, 0.4) is 0 Å². The molecule has 0 unspecified atom stereocenters. The van der Waals surface area contributed by atoms with Crippen molar-refractivity contribution in [1.82, 2.24) is 0 Å². The lowest BCUT2D eigenvalue weighted by Crippen LogP contribution is -2.07. The van der Waals surface area contributed by atoms with Crippen LogP contribution in [-0.4, -0.2) is 6.61 Å². The third-order valence-corrected chi connectivity index (χ3v) is 2.77. The van der Waals surface area contributed by atoms with Gasteiger partial charge in [-0.25, -0.2) is 4.39 Å². The lowest BCUT2D eigenvalue weighted by atomic mass is 10.1. The molecular formula is C12H17FO. The highest BCUT2D eigenvalue weighted by Gasteiger charge is 2.15. The van der Waals surface area contributed by atoms with E-state index in [1.165, 1.54) is 37.8 Å². The van der Waals surface area contributed by atoms with E-state index in [-0.39, 0.29) is 7.24 Å². The van der Waals surface area contributed by atoms with Crippen LogP contribution in [-0.2, 0) is 0 Å². The van der Waals surface area contributed by atoms with Crippen molar-refractivity contribution in [1.29, 1.82) is 0 Å². The molecule has 2 rings (SSSR count). The van der Waals surface area contributed by atoms with Crippen LogP contribution in [0.4, 0.5) is 4.39 Å². The minimum atomic E-state index is -0.210. The topological polar surface area (TPSA) is 9.23 Å². The minimum absolute atomic E-state index is 0. The molecule has 78 valence electrons. The second-order valence-electron chi connectivity index (χ2n) is 3.92. The van der Waals surface area contributed by atoms with Crippen molar-refractivity contribution < 1.29 is 10.6 Å². The fourth-order valence-corrected chi connectivity index (χ4v) is 1.92. The Bertz CT molecular complexity index is 280. The van der Waals surface area contributed by atoms with E-state index >= 15 is 0 Å². The fourth-order valence-electron chi connectivity index (χ4n) is 1.92. The first kappa shape index (κ1) is 9.50. The summed E-state index contributed by atoms with van der Waals surface area (Å²) in [5.41, 5.74) is 0. The van der Waals surface area contributed by atoms with E-state index in [4.69, 9.17) is 4.74 Å². The van der Waals surface area contributed by atoms with Crippen molar-refractivity contribution in [2.45, 2.75) is 25.7 Å². The van der Waals surface area contributed by atoms with Crippen LogP contribution in [0.5, 0.6) is 5.75 Å². The molecule has 0 heterocycles. The quantitative estimate of drug-likeness (QED) is 0.717. The van der Waals surface area contributed by atoms with E-state index in [0.717, 1.165) is 12.4 Å². The highest BCUT2D eigenvalue weighted by Crippen LogP contribution is 2.25. The predicted molar refractivity (Wildman–Crippen MR) is 56.0 cm³/mol. The third kappa shape index (κ3) is 2.47. The van der Waals surface area contributed by atoms with Crippen LogP contribution in [0.15, 0.2) is 24.3 Å². The molecule has 1 aliphatic rings. The molecule has 0 atom stereocenters. The minimum Gasteiger partial charge on any atom is -0.493 e. The Kier molecular flexibility index (Phi) is 3.02. The lowest BCUT2D eigenvalue weighted by molar-refractivity contribution is 0.252. The number of rotatable bonds is 3. The van der Waals surface area contributed by atoms with E-state index in [1.54, 1.807) is 12.1 Å². The van der Waals surface area contributed by atoms with Gasteiger partial charge >= 0.3 is 0 Å². The highest BCUT2D eigenvalue weighted by molar-refractivity contribution is 5.22. The predicted octanol–water partition coefficient (Wildman–Crippen LogP) is 3.64. The van der Waals surface area contributed by atoms with E-state index < -0.39 is 0 Å². The summed E-state index contributed by atoms with van der Waals surface area (Å²) >= 11 is 0. The average Bonchev–Trinajstić information content (AvgIpc) is 2.70. The molecule has 1 saturated carbocycles. The van der Waals surface area contributed by atoms with Gasteiger partial charge in [0, 0.05) is 1.43 Å². The fraction of sp³-hybridized carbons (Fsp3) is 0.500. The van der Waals surface area contributed by atoms with Crippen molar-refractivity contribution in [3.8, 4) is 5.75 Å². The van der Waals surface area contributed by atoms with Crippen molar-refractivity contribution >= 4 is 0 Å². The molecule has 0 N–H and O–H groups in total. The molecular weight excluding hydrogens is 179 g/mol. The Labute approximate surface area is 85.4 Å². The molecule has 0 radical (unpaired) electrons. The second-order valence-corrected chi connectivity index (χ2v) is 3.92. The maximum atomic E-state index is 12.6. The number of ether oxygens (including phenoxy) is 1. The molecule has 1 aliphatic carbocycles. The van der Waals surface area contributed by atoms with Crippen LogP contribution < -0.4 is 4.74 Å². The van der Waals surface area contributed by atoms with Crippen molar-refractivity contribution in [2.75, 3.05) is 6.61 Å². The number of hydrogen-bond acceptors (Lipinski definition) is 1. The largest absolute Gasteiger partial charge is 0.493 e. The zero-order valence-electron chi connectivity index (χ0n) is 8.21. The smallest absolute Gasteiger partial charge is 0.123 e. The molecule has 0 saturated heterocycles. The Hall–Kier alpha value is -1.05. The molecule has 0 spiro atoms. The summed E-state index contributed by atoms with van der Waals surface area (Å²) in [6.45, 7) is 0.783. The molecule has 0 amide bonds. The van der Waals surface area contributed by atoms with Gasteiger partial charge in [-0.2, -0.15) is 0 Å². The first-order valence-electron chi connectivity index (χ1n) is 5.23. The van der Waals surface area contributed by atoms with Gasteiger partial charge in [0.25, 0.3) is 0 Å². The summed E-state index contributed by atoms with van der Waals surface area (Å²) < 4.78 is 18.2. The molecule has 14 heavy (non-hydrogen) atoms. The zero-order chi connectivity index (χ0) is 9.80. The van der Waals surface area contributed by atoms with Gasteiger partial charge in [0.2, 0.25) is 0 Å². The maximum absolute atomic E-state index is 12.6. The number of benzene rings is 1. The summed E-state index contributed by atoms with van der Waals surface area (Å²) in [5.74, 6) is 1.27. The van der Waals surface area contributed by atoms with Gasteiger partial charge in [0.15, 0.2) is 0 Å². The van der Waals surface area contributed by atoms with E-state index in [0.29, 0.717) is 5.92 Å². The number of hydrogen-bond donors (Lipinski definition) is 0. The van der Waals surface area contributed by atoms with Gasteiger partial charge in [-0.05, 0) is 43.0 Å². The van der Waals surface area contributed by atoms with Gasteiger partial charge in [-0.3, -0.25) is 0 Å². The SMILES string of the molecule is Fc1ccc(OCC2CCCC2)cc1.[HH]. The third-order valence-electron chi connectivity index (χ3n) is 2.77.